The molecule has 0 aromatic heterocycles. The van der Waals surface area contributed by atoms with Crippen molar-refractivity contribution in [2.24, 2.45) is 0 Å². The number of rotatable bonds is 5. The molecule has 0 unspecified atom stereocenters. The van der Waals surface area contributed by atoms with E-state index in [4.69, 9.17) is 4.74 Å². The van der Waals surface area contributed by atoms with Crippen LogP contribution < -0.4 is 10.1 Å². The number of carbonyl (C=O) groups excluding carboxylic acids is 2. The minimum absolute atomic E-state index is 0.0474. The predicted molar refractivity (Wildman–Crippen MR) is 82.9 cm³/mol. The molecule has 114 valence electrons. The van der Waals surface area contributed by atoms with Crippen molar-refractivity contribution in [3.8, 4) is 5.75 Å². The van der Waals surface area contributed by atoms with Gasteiger partial charge in [-0.25, -0.2) is 4.39 Å². The molecule has 2 aromatic carbocycles. The minimum Gasteiger partial charge on any atom is -0.481 e. The first-order valence-electron chi connectivity index (χ1n) is 6.49. The molecule has 0 aliphatic rings. The third kappa shape index (κ3) is 4.96. The second-order valence-electron chi connectivity index (χ2n) is 4.50. The molecule has 0 aliphatic carbocycles. The lowest BCUT2D eigenvalue weighted by atomic mass is 10.1. The maximum Gasteiger partial charge on any atom is 0.264 e. The third-order valence-electron chi connectivity index (χ3n) is 2.74. The third-order valence-corrected chi connectivity index (χ3v) is 3.23. The quantitative estimate of drug-likeness (QED) is 0.886. The van der Waals surface area contributed by atoms with Crippen molar-refractivity contribution in [2.75, 3.05) is 6.61 Å². The maximum atomic E-state index is 13.5. The molecule has 6 heteroatoms. The average Bonchev–Trinajstić information content (AvgIpc) is 2.47. The van der Waals surface area contributed by atoms with E-state index in [0.717, 1.165) is 5.56 Å². The molecule has 0 saturated heterocycles. The number of nitrogens with one attached hydrogen (secondary N) is 1. The van der Waals surface area contributed by atoms with Crippen molar-refractivity contribution in [1.29, 1.82) is 0 Å². The summed E-state index contributed by atoms with van der Waals surface area (Å²) in [5, 5.41) is 2.19. The fourth-order valence-corrected chi connectivity index (χ4v) is 2.09. The van der Waals surface area contributed by atoms with Gasteiger partial charge in [0.05, 0.1) is 6.42 Å². The average molecular weight is 366 g/mol. The number of amides is 2. The molecule has 22 heavy (non-hydrogen) atoms. The molecule has 1 N–H and O–H groups in total. The van der Waals surface area contributed by atoms with Gasteiger partial charge < -0.3 is 4.74 Å². The number of benzene rings is 2. The van der Waals surface area contributed by atoms with E-state index in [1.54, 1.807) is 18.2 Å². The molecule has 0 radical (unpaired) electrons. The normalized spacial score (nSPS) is 10.1. The SMILES string of the molecule is O=C(COc1ccc(Br)cc1F)NC(=O)Cc1ccccc1. The molecule has 0 fully saturated rings. The number of carbonyl (C=O) groups is 2. The first-order valence-corrected chi connectivity index (χ1v) is 7.28. The fraction of sp³-hybridized carbons (Fsp3) is 0.125. The van der Waals surface area contributed by atoms with Gasteiger partial charge in [0, 0.05) is 4.47 Å². The first kappa shape index (κ1) is 16.2. The molecular formula is C16H13BrFNO3. The summed E-state index contributed by atoms with van der Waals surface area (Å²) in [6.45, 7) is -0.431. The fourth-order valence-electron chi connectivity index (χ4n) is 1.75. The summed E-state index contributed by atoms with van der Waals surface area (Å²) in [5.74, 6) is -1.69. The van der Waals surface area contributed by atoms with E-state index in [0.29, 0.717) is 4.47 Å². The van der Waals surface area contributed by atoms with E-state index in [1.807, 2.05) is 18.2 Å². The van der Waals surface area contributed by atoms with E-state index in [1.165, 1.54) is 12.1 Å². The van der Waals surface area contributed by atoms with Crippen LogP contribution in [0.3, 0.4) is 0 Å². The van der Waals surface area contributed by atoms with Gasteiger partial charge in [-0.05, 0) is 23.8 Å². The van der Waals surface area contributed by atoms with E-state index in [-0.39, 0.29) is 12.2 Å². The van der Waals surface area contributed by atoms with Crippen molar-refractivity contribution >= 4 is 27.7 Å². The first-order chi connectivity index (χ1) is 10.5. The van der Waals surface area contributed by atoms with E-state index in [9.17, 15) is 14.0 Å². The number of hydrogen-bond donors (Lipinski definition) is 1. The topological polar surface area (TPSA) is 55.4 Å². The van der Waals surface area contributed by atoms with Gasteiger partial charge >= 0.3 is 0 Å². The van der Waals surface area contributed by atoms with Crippen LogP contribution in [0.2, 0.25) is 0 Å². The Morgan fingerprint density at radius 2 is 1.82 bits per heavy atom. The Hall–Kier alpha value is -2.21. The van der Waals surface area contributed by atoms with Crippen molar-refractivity contribution in [3.63, 3.8) is 0 Å². The minimum atomic E-state index is -0.622. The highest BCUT2D eigenvalue weighted by atomic mass is 79.9. The van der Waals surface area contributed by atoms with Gasteiger partial charge in [0.2, 0.25) is 5.91 Å². The van der Waals surface area contributed by atoms with Crippen molar-refractivity contribution in [1.82, 2.24) is 5.32 Å². The highest BCUT2D eigenvalue weighted by Crippen LogP contribution is 2.21. The standard InChI is InChI=1S/C16H13BrFNO3/c17-12-6-7-14(13(18)9-12)22-10-16(21)19-15(20)8-11-4-2-1-3-5-11/h1-7,9H,8,10H2,(H,19,20,21). The number of imide groups is 1. The molecule has 0 aliphatic heterocycles. The van der Waals surface area contributed by atoms with Crippen molar-refractivity contribution < 1.29 is 18.7 Å². The highest BCUT2D eigenvalue weighted by molar-refractivity contribution is 9.10. The Kier molecular flexibility index (Phi) is 5.66. The van der Waals surface area contributed by atoms with Crippen LogP contribution in [0.5, 0.6) is 5.75 Å². The second-order valence-corrected chi connectivity index (χ2v) is 5.41. The van der Waals surface area contributed by atoms with Crippen LogP contribution in [-0.4, -0.2) is 18.4 Å². The molecule has 0 atom stereocenters. The van der Waals surface area contributed by atoms with Crippen LogP contribution >= 0.6 is 15.9 Å². The molecule has 4 nitrogen and oxygen atoms in total. The van der Waals surface area contributed by atoms with Gasteiger partial charge in [0.1, 0.15) is 0 Å². The largest absolute Gasteiger partial charge is 0.481 e. The summed E-state index contributed by atoms with van der Waals surface area (Å²) in [5.41, 5.74) is 0.799. The number of ether oxygens (including phenoxy) is 1. The molecule has 0 spiro atoms. The Balaban J connectivity index is 1.81. The lowest BCUT2D eigenvalue weighted by Crippen LogP contribution is -2.35. The van der Waals surface area contributed by atoms with E-state index < -0.39 is 24.2 Å². The monoisotopic (exact) mass is 365 g/mol. The van der Waals surface area contributed by atoms with Gasteiger partial charge in [-0.15, -0.1) is 0 Å². The molecule has 2 amide bonds. The number of halogens is 2. The van der Waals surface area contributed by atoms with Crippen LogP contribution in [0.4, 0.5) is 4.39 Å². The summed E-state index contributed by atoms with van der Waals surface area (Å²) in [7, 11) is 0. The smallest absolute Gasteiger partial charge is 0.264 e. The van der Waals surface area contributed by atoms with Gasteiger partial charge in [0.25, 0.3) is 5.91 Å². The molecule has 2 rings (SSSR count). The van der Waals surface area contributed by atoms with Crippen LogP contribution in [0.15, 0.2) is 53.0 Å². The van der Waals surface area contributed by atoms with Gasteiger partial charge in [0.15, 0.2) is 18.2 Å². The van der Waals surface area contributed by atoms with Gasteiger partial charge in [-0.1, -0.05) is 46.3 Å². The van der Waals surface area contributed by atoms with Crippen LogP contribution in [-0.2, 0) is 16.0 Å². The Morgan fingerprint density at radius 3 is 2.50 bits per heavy atom. The summed E-state index contributed by atoms with van der Waals surface area (Å²) >= 11 is 3.12. The molecule has 0 saturated carbocycles. The molecular weight excluding hydrogens is 353 g/mol. The maximum absolute atomic E-state index is 13.5. The second kappa shape index (κ2) is 7.70. The highest BCUT2D eigenvalue weighted by Gasteiger charge is 2.11. The van der Waals surface area contributed by atoms with Gasteiger partial charge in [-0.3, -0.25) is 14.9 Å². The zero-order chi connectivity index (χ0) is 15.9. The van der Waals surface area contributed by atoms with Crippen LogP contribution in [0, 0.1) is 5.82 Å². The number of hydrogen-bond acceptors (Lipinski definition) is 3. The Morgan fingerprint density at radius 1 is 1.09 bits per heavy atom. The lowest BCUT2D eigenvalue weighted by Gasteiger charge is -2.08. The molecule has 0 bridgehead atoms. The van der Waals surface area contributed by atoms with Crippen LogP contribution in [0.25, 0.3) is 0 Å². The lowest BCUT2D eigenvalue weighted by molar-refractivity contribution is -0.131. The van der Waals surface area contributed by atoms with Gasteiger partial charge in [-0.2, -0.15) is 0 Å². The van der Waals surface area contributed by atoms with Crippen molar-refractivity contribution in [2.45, 2.75) is 6.42 Å². The Bertz CT molecular complexity index is 676. The van der Waals surface area contributed by atoms with E-state index >= 15 is 0 Å². The molecule has 0 heterocycles. The Labute approximate surface area is 135 Å². The summed E-state index contributed by atoms with van der Waals surface area (Å²) in [6.07, 6.45) is 0.0965. The summed E-state index contributed by atoms with van der Waals surface area (Å²) in [6, 6.07) is 13.3. The van der Waals surface area contributed by atoms with Crippen molar-refractivity contribution in [3.05, 3.63) is 64.4 Å². The molecule has 2 aromatic rings. The summed E-state index contributed by atoms with van der Waals surface area (Å²) < 4.78 is 19.1. The predicted octanol–water partition coefficient (Wildman–Crippen LogP) is 2.85. The summed E-state index contributed by atoms with van der Waals surface area (Å²) in [4.78, 5) is 23.3. The van der Waals surface area contributed by atoms with E-state index in [2.05, 4.69) is 21.2 Å². The van der Waals surface area contributed by atoms with Crippen LogP contribution in [0.1, 0.15) is 5.56 Å². The zero-order valence-electron chi connectivity index (χ0n) is 11.5. The zero-order valence-corrected chi connectivity index (χ0v) is 13.1.